The highest BCUT2D eigenvalue weighted by Crippen LogP contribution is 2.36. The zero-order valence-corrected chi connectivity index (χ0v) is 14.4. The summed E-state index contributed by atoms with van der Waals surface area (Å²) in [5.41, 5.74) is 5.49. The maximum absolute atomic E-state index is 13.3. The molecule has 2 aromatic rings. The number of benzene rings is 2. The summed E-state index contributed by atoms with van der Waals surface area (Å²) in [6.45, 7) is 0.207. The molecule has 1 amide bonds. The predicted octanol–water partition coefficient (Wildman–Crippen LogP) is 1.60. The molecule has 2 aromatic carbocycles. The van der Waals surface area contributed by atoms with Crippen molar-refractivity contribution in [2.75, 3.05) is 20.6 Å². The van der Waals surface area contributed by atoms with Crippen molar-refractivity contribution in [3.05, 3.63) is 70.5 Å². The summed E-state index contributed by atoms with van der Waals surface area (Å²) in [6, 6.07) is 10.2. The minimum absolute atomic E-state index is 0.252. The first-order valence-electron chi connectivity index (χ1n) is 7.95. The lowest BCUT2D eigenvalue weighted by molar-refractivity contribution is 0.0605. The number of nitrogens with two attached hydrogens (primary N) is 1. The van der Waals surface area contributed by atoms with Crippen LogP contribution in [0, 0.1) is 5.82 Å². The molecule has 25 heavy (non-hydrogen) atoms. The average molecular weight is 346 g/mol. The van der Waals surface area contributed by atoms with E-state index in [4.69, 9.17) is 5.73 Å². The zero-order valence-electron chi connectivity index (χ0n) is 14.4. The minimum Gasteiger partial charge on any atom is -0.392 e. The maximum atomic E-state index is 13.3. The average Bonchev–Trinajstić information content (AvgIpc) is 2.59. The summed E-state index contributed by atoms with van der Waals surface area (Å²) in [5, 5.41) is 21.2. The van der Waals surface area contributed by atoms with Gasteiger partial charge in [0.2, 0.25) is 5.91 Å². The molecule has 0 aliphatic heterocycles. The van der Waals surface area contributed by atoms with Crippen LogP contribution in [0.25, 0.3) is 0 Å². The predicted molar refractivity (Wildman–Crippen MR) is 93.5 cm³/mol. The van der Waals surface area contributed by atoms with Crippen LogP contribution in [0.15, 0.2) is 42.5 Å². The Morgan fingerprint density at radius 2 is 1.84 bits per heavy atom. The fraction of sp³-hybridized carbons (Fsp3) is 0.316. The van der Waals surface area contributed by atoms with E-state index in [2.05, 4.69) is 0 Å². The third-order valence-corrected chi connectivity index (χ3v) is 4.25. The second-order valence-corrected chi connectivity index (χ2v) is 6.31. The molecule has 1 unspecified atom stereocenters. The van der Waals surface area contributed by atoms with Crippen molar-refractivity contribution in [1.29, 1.82) is 0 Å². The van der Waals surface area contributed by atoms with Crippen molar-refractivity contribution in [2.45, 2.75) is 18.6 Å². The fourth-order valence-corrected chi connectivity index (χ4v) is 2.83. The topological polar surface area (TPSA) is 86.8 Å². The molecule has 1 atom stereocenters. The van der Waals surface area contributed by atoms with Crippen molar-refractivity contribution >= 4 is 5.91 Å². The van der Waals surface area contributed by atoms with Crippen LogP contribution in [0.4, 0.5) is 4.39 Å². The molecular formula is C19H23FN2O3. The zero-order chi connectivity index (χ0) is 18.6. The number of hydrogen-bond donors (Lipinski definition) is 3. The Morgan fingerprint density at radius 1 is 1.20 bits per heavy atom. The van der Waals surface area contributed by atoms with Crippen LogP contribution in [0.2, 0.25) is 0 Å². The van der Waals surface area contributed by atoms with Gasteiger partial charge in [-0.15, -0.1) is 0 Å². The van der Waals surface area contributed by atoms with Gasteiger partial charge in [-0.1, -0.05) is 18.2 Å². The first-order chi connectivity index (χ1) is 11.8. The van der Waals surface area contributed by atoms with Gasteiger partial charge in [0.15, 0.2) is 0 Å². The fourth-order valence-electron chi connectivity index (χ4n) is 2.83. The Kier molecular flexibility index (Phi) is 5.89. The van der Waals surface area contributed by atoms with E-state index >= 15 is 0 Å². The van der Waals surface area contributed by atoms with E-state index in [-0.39, 0.29) is 12.2 Å². The summed E-state index contributed by atoms with van der Waals surface area (Å²) in [7, 11) is 3.77. The summed E-state index contributed by atoms with van der Waals surface area (Å²) in [4.78, 5) is 13.3. The number of nitrogens with zero attached hydrogens (tertiary/aromatic N) is 1. The Balaban J connectivity index is 2.58. The largest absolute Gasteiger partial charge is 0.392 e. The van der Waals surface area contributed by atoms with E-state index in [0.717, 1.165) is 0 Å². The molecule has 134 valence electrons. The molecule has 4 N–H and O–H groups in total. The monoisotopic (exact) mass is 346 g/mol. The molecule has 0 spiro atoms. The Hall–Kier alpha value is -2.28. The summed E-state index contributed by atoms with van der Waals surface area (Å²) in [6.07, 6.45) is 0.328. The second kappa shape index (κ2) is 7.74. The van der Waals surface area contributed by atoms with E-state index < -0.39 is 17.3 Å². The molecule has 0 aliphatic carbocycles. The second-order valence-electron chi connectivity index (χ2n) is 6.31. The summed E-state index contributed by atoms with van der Waals surface area (Å²) >= 11 is 0. The van der Waals surface area contributed by atoms with Crippen molar-refractivity contribution in [3.8, 4) is 0 Å². The maximum Gasteiger partial charge on any atom is 0.248 e. The van der Waals surface area contributed by atoms with Crippen LogP contribution in [0.5, 0.6) is 0 Å². The van der Waals surface area contributed by atoms with Gasteiger partial charge in [-0.05, 0) is 61.5 Å². The van der Waals surface area contributed by atoms with Crippen molar-refractivity contribution in [2.24, 2.45) is 5.73 Å². The molecule has 0 saturated carbocycles. The molecule has 0 bridgehead atoms. The number of primary amides is 1. The van der Waals surface area contributed by atoms with E-state index in [1.54, 1.807) is 6.07 Å². The highest BCUT2D eigenvalue weighted by Gasteiger charge is 2.33. The van der Waals surface area contributed by atoms with Gasteiger partial charge in [-0.3, -0.25) is 4.79 Å². The van der Waals surface area contributed by atoms with Crippen molar-refractivity contribution < 1.29 is 19.4 Å². The SMILES string of the molecule is CN(C)CCC(O)(c1ccc(F)cc1)c1ccc(C(N)=O)cc1CO. The first kappa shape index (κ1) is 19.1. The van der Waals surface area contributed by atoms with Gasteiger partial charge >= 0.3 is 0 Å². The lowest BCUT2D eigenvalue weighted by Crippen LogP contribution is -2.33. The van der Waals surface area contributed by atoms with Gasteiger partial charge in [-0.25, -0.2) is 4.39 Å². The van der Waals surface area contributed by atoms with Gasteiger partial charge in [0.1, 0.15) is 11.4 Å². The number of hydrogen-bond acceptors (Lipinski definition) is 4. The highest BCUT2D eigenvalue weighted by molar-refractivity contribution is 5.93. The summed E-state index contributed by atoms with van der Waals surface area (Å²) < 4.78 is 13.3. The van der Waals surface area contributed by atoms with Gasteiger partial charge in [0.05, 0.1) is 6.61 Å². The van der Waals surface area contributed by atoms with Crippen LogP contribution in [0.3, 0.4) is 0 Å². The molecule has 0 fully saturated rings. The summed E-state index contributed by atoms with van der Waals surface area (Å²) in [5.74, 6) is -1.01. The molecule has 0 aromatic heterocycles. The number of carbonyl (C=O) groups is 1. The number of carbonyl (C=O) groups excluding carboxylic acids is 1. The van der Waals surface area contributed by atoms with Crippen molar-refractivity contribution in [1.82, 2.24) is 4.90 Å². The molecule has 5 nitrogen and oxygen atoms in total. The molecule has 2 rings (SSSR count). The van der Waals surface area contributed by atoms with Crippen LogP contribution < -0.4 is 5.73 Å². The number of aliphatic hydroxyl groups excluding tert-OH is 1. The normalized spacial score (nSPS) is 13.7. The number of aliphatic hydroxyl groups is 2. The van der Waals surface area contributed by atoms with Crippen molar-refractivity contribution in [3.63, 3.8) is 0 Å². The van der Waals surface area contributed by atoms with E-state index in [1.807, 2.05) is 19.0 Å². The third kappa shape index (κ3) is 4.22. The Morgan fingerprint density at radius 3 is 2.36 bits per heavy atom. The highest BCUT2D eigenvalue weighted by atomic mass is 19.1. The smallest absolute Gasteiger partial charge is 0.248 e. The number of rotatable bonds is 7. The van der Waals surface area contributed by atoms with Gasteiger partial charge in [-0.2, -0.15) is 0 Å². The van der Waals surface area contributed by atoms with E-state index in [9.17, 15) is 19.4 Å². The quantitative estimate of drug-likeness (QED) is 0.711. The van der Waals surface area contributed by atoms with Gasteiger partial charge in [0.25, 0.3) is 0 Å². The molecule has 6 heteroatoms. The van der Waals surface area contributed by atoms with E-state index in [0.29, 0.717) is 29.7 Å². The van der Waals surface area contributed by atoms with Crippen LogP contribution in [-0.4, -0.2) is 41.7 Å². The lowest BCUT2D eigenvalue weighted by atomic mass is 9.80. The van der Waals surface area contributed by atoms with Crippen LogP contribution >= 0.6 is 0 Å². The number of halogens is 1. The minimum atomic E-state index is -1.44. The Bertz CT molecular complexity index is 747. The molecule has 0 heterocycles. The molecule has 0 radical (unpaired) electrons. The molecule has 0 aliphatic rings. The molecule has 0 saturated heterocycles. The van der Waals surface area contributed by atoms with Gasteiger partial charge in [0, 0.05) is 12.1 Å². The standard InChI is InChI=1S/C19H23FN2O3/c1-22(2)10-9-19(25,15-4-6-16(20)7-5-15)17-8-3-13(18(21)24)11-14(17)12-23/h3-8,11,23,25H,9-10,12H2,1-2H3,(H2,21,24). The number of amides is 1. The van der Waals surface area contributed by atoms with Crippen LogP contribution in [-0.2, 0) is 12.2 Å². The van der Waals surface area contributed by atoms with Crippen LogP contribution in [0.1, 0.15) is 33.5 Å². The lowest BCUT2D eigenvalue weighted by Gasteiger charge is -2.32. The first-order valence-corrected chi connectivity index (χ1v) is 7.95. The van der Waals surface area contributed by atoms with Gasteiger partial charge < -0.3 is 20.8 Å². The third-order valence-electron chi connectivity index (χ3n) is 4.25. The molecular weight excluding hydrogens is 323 g/mol. The Labute approximate surface area is 146 Å². The van der Waals surface area contributed by atoms with E-state index in [1.165, 1.54) is 36.4 Å².